The maximum absolute atomic E-state index is 12.4. The molecule has 2 rings (SSSR count). The molecule has 0 spiro atoms. The molecule has 0 aliphatic carbocycles. The molecule has 1 unspecified atom stereocenters. The lowest BCUT2D eigenvalue weighted by Gasteiger charge is -2.26. The molecule has 98 valence electrons. The minimum absolute atomic E-state index is 0.224. The number of sulfonamides is 1. The highest BCUT2D eigenvalue weighted by molar-refractivity contribution is 7.89. The molecule has 1 aliphatic rings. The lowest BCUT2D eigenvalue weighted by molar-refractivity contribution is 0.440. The minimum atomic E-state index is -3.44. The van der Waals surface area contributed by atoms with Gasteiger partial charge in [-0.3, -0.25) is 4.31 Å². The van der Waals surface area contributed by atoms with Crippen molar-refractivity contribution >= 4 is 22.0 Å². The van der Waals surface area contributed by atoms with Crippen LogP contribution >= 0.6 is 0 Å². The number of hydrogen-bond donors (Lipinski definition) is 1. The third kappa shape index (κ3) is 2.39. The van der Waals surface area contributed by atoms with E-state index in [1.807, 2.05) is 14.0 Å². The molecule has 1 aromatic carbocycles. The van der Waals surface area contributed by atoms with Crippen molar-refractivity contribution in [2.75, 3.05) is 20.1 Å². The molecule has 0 amide bonds. The summed E-state index contributed by atoms with van der Waals surface area (Å²) in [4.78, 5) is 4.47. The quantitative estimate of drug-likeness (QED) is 0.892. The lowest BCUT2D eigenvalue weighted by Crippen LogP contribution is -2.37. The maximum atomic E-state index is 12.4. The van der Waals surface area contributed by atoms with Crippen LogP contribution in [0, 0.1) is 5.92 Å². The van der Waals surface area contributed by atoms with Crippen LogP contribution in [0.1, 0.15) is 6.92 Å². The van der Waals surface area contributed by atoms with E-state index < -0.39 is 10.0 Å². The molecule has 0 fully saturated rings. The van der Waals surface area contributed by atoms with Crippen LogP contribution in [0.3, 0.4) is 0 Å². The van der Waals surface area contributed by atoms with Crippen molar-refractivity contribution in [1.82, 2.24) is 9.62 Å². The van der Waals surface area contributed by atoms with Crippen LogP contribution in [0.25, 0.3) is 0 Å². The van der Waals surface area contributed by atoms with E-state index in [2.05, 4.69) is 10.3 Å². The summed E-state index contributed by atoms with van der Waals surface area (Å²) in [5, 5.41) is 3.04. The fourth-order valence-corrected chi connectivity index (χ4v) is 3.47. The minimum Gasteiger partial charge on any atom is -0.319 e. The number of para-hydroxylation sites is 1. The summed E-state index contributed by atoms with van der Waals surface area (Å²) in [6.07, 6.45) is 1.41. The molecule has 0 saturated heterocycles. The van der Waals surface area contributed by atoms with E-state index in [1.54, 1.807) is 24.3 Å². The molecule has 1 heterocycles. The highest BCUT2D eigenvalue weighted by atomic mass is 32.2. The molecule has 1 aromatic rings. The molecule has 0 radical (unpaired) electrons. The Labute approximate surface area is 108 Å². The van der Waals surface area contributed by atoms with Crippen molar-refractivity contribution in [3.8, 4) is 0 Å². The number of nitrogens with one attached hydrogen (secondary N) is 1. The third-order valence-electron chi connectivity index (χ3n) is 2.82. The topological polar surface area (TPSA) is 61.8 Å². The van der Waals surface area contributed by atoms with Crippen molar-refractivity contribution in [3.63, 3.8) is 0 Å². The van der Waals surface area contributed by atoms with E-state index in [4.69, 9.17) is 0 Å². The number of hydrogen-bond acceptors (Lipinski definition) is 4. The largest absolute Gasteiger partial charge is 0.319 e. The van der Waals surface area contributed by atoms with Gasteiger partial charge in [-0.2, -0.15) is 0 Å². The summed E-state index contributed by atoms with van der Waals surface area (Å²) in [5.41, 5.74) is 0.509. The summed E-state index contributed by atoms with van der Waals surface area (Å²) in [7, 11) is -1.59. The van der Waals surface area contributed by atoms with Crippen molar-refractivity contribution in [1.29, 1.82) is 0 Å². The van der Waals surface area contributed by atoms with Crippen molar-refractivity contribution in [3.05, 3.63) is 24.3 Å². The van der Waals surface area contributed by atoms with E-state index in [1.165, 1.54) is 10.6 Å². The predicted octanol–water partition coefficient (Wildman–Crippen LogP) is 1.21. The second-order valence-corrected chi connectivity index (χ2v) is 6.31. The van der Waals surface area contributed by atoms with E-state index in [0.29, 0.717) is 12.2 Å². The Bertz CT molecular complexity index is 554. The fraction of sp³-hybridized carbons (Fsp3) is 0.417. The van der Waals surface area contributed by atoms with Gasteiger partial charge in [0.1, 0.15) is 11.2 Å². The van der Waals surface area contributed by atoms with Crippen LogP contribution in [-0.4, -0.2) is 39.2 Å². The van der Waals surface area contributed by atoms with Crippen LogP contribution in [0.4, 0.5) is 5.69 Å². The standard InChI is InChI=1S/C12H17N3O2S/c1-10(7-13-2)8-15-9-14-11-5-3-4-6-12(11)18(15,16)17/h3-6,9-10,13H,7-8H2,1-2H3. The summed E-state index contributed by atoms with van der Waals surface area (Å²) < 4.78 is 26.0. The summed E-state index contributed by atoms with van der Waals surface area (Å²) in [6, 6.07) is 6.80. The Morgan fingerprint density at radius 1 is 1.39 bits per heavy atom. The molecule has 0 saturated carbocycles. The van der Waals surface area contributed by atoms with Gasteiger partial charge in [0.25, 0.3) is 10.0 Å². The maximum Gasteiger partial charge on any atom is 0.267 e. The number of nitrogens with zero attached hydrogens (tertiary/aromatic N) is 2. The zero-order valence-corrected chi connectivity index (χ0v) is 11.3. The van der Waals surface area contributed by atoms with E-state index in [9.17, 15) is 8.42 Å². The van der Waals surface area contributed by atoms with Gasteiger partial charge in [0.05, 0.1) is 5.69 Å². The average molecular weight is 267 g/mol. The van der Waals surface area contributed by atoms with Crippen molar-refractivity contribution in [2.24, 2.45) is 10.9 Å². The Kier molecular flexibility index (Phi) is 3.68. The first kappa shape index (κ1) is 13.0. The molecule has 5 nitrogen and oxygen atoms in total. The molecule has 0 aromatic heterocycles. The van der Waals surface area contributed by atoms with Crippen LogP contribution in [-0.2, 0) is 10.0 Å². The first-order chi connectivity index (χ1) is 8.55. The first-order valence-corrected chi connectivity index (χ1v) is 7.29. The number of fused-ring (bicyclic) bond motifs is 1. The second kappa shape index (κ2) is 5.07. The zero-order valence-electron chi connectivity index (χ0n) is 10.5. The van der Waals surface area contributed by atoms with Crippen LogP contribution in [0.5, 0.6) is 0 Å². The third-order valence-corrected chi connectivity index (χ3v) is 4.58. The van der Waals surface area contributed by atoms with E-state index in [0.717, 1.165) is 6.54 Å². The first-order valence-electron chi connectivity index (χ1n) is 5.85. The van der Waals surface area contributed by atoms with Gasteiger partial charge in [0.15, 0.2) is 0 Å². The Morgan fingerprint density at radius 3 is 2.83 bits per heavy atom. The van der Waals surface area contributed by atoms with Gasteiger partial charge >= 0.3 is 0 Å². The number of benzene rings is 1. The van der Waals surface area contributed by atoms with Gasteiger partial charge in [-0.05, 0) is 31.6 Å². The number of aliphatic imine (C=N–C) groups is 1. The van der Waals surface area contributed by atoms with Gasteiger partial charge in [-0.15, -0.1) is 0 Å². The molecule has 18 heavy (non-hydrogen) atoms. The molecular formula is C12H17N3O2S. The normalized spacial score (nSPS) is 18.4. The second-order valence-electron chi connectivity index (χ2n) is 4.45. The monoisotopic (exact) mass is 267 g/mol. The molecule has 1 aliphatic heterocycles. The summed E-state index contributed by atoms with van der Waals surface area (Å²) in [5.74, 6) is 0.224. The van der Waals surface area contributed by atoms with E-state index >= 15 is 0 Å². The Morgan fingerprint density at radius 2 is 2.11 bits per heavy atom. The van der Waals surface area contributed by atoms with Gasteiger partial charge < -0.3 is 5.32 Å². The summed E-state index contributed by atoms with van der Waals surface area (Å²) in [6.45, 7) is 3.20. The van der Waals surface area contributed by atoms with Gasteiger partial charge in [-0.25, -0.2) is 13.4 Å². The summed E-state index contributed by atoms with van der Waals surface area (Å²) >= 11 is 0. The van der Waals surface area contributed by atoms with Crippen LogP contribution in [0.2, 0.25) is 0 Å². The molecule has 1 atom stereocenters. The van der Waals surface area contributed by atoms with Crippen molar-refractivity contribution in [2.45, 2.75) is 11.8 Å². The highest BCUT2D eigenvalue weighted by Crippen LogP contribution is 2.29. The number of rotatable bonds is 4. The van der Waals surface area contributed by atoms with E-state index in [-0.39, 0.29) is 10.8 Å². The van der Waals surface area contributed by atoms with Gasteiger partial charge in [0.2, 0.25) is 0 Å². The van der Waals surface area contributed by atoms with Crippen molar-refractivity contribution < 1.29 is 8.42 Å². The fourth-order valence-electron chi connectivity index (χ4n) is 1.96. The van der Waals surface area contributed by atoms with Crippen LogP contribution < -0.4 is 5.32 Å². The smallest absolute Gasteiger partial charge is 0.267 e. The average Bonchev–Trinajstić information content (AvgIpc) is 2.34. The molecule has 0 bridgehead atoms. The van der Waals surface area contributed by atoms with Gasteiger partial charge in [-0.1, -0.05) is 19.1 Å². The SMILES string of the molecule is CNCC(C)CN1C=Nc2ccccc2S1(=O)=O. The van der Waals surface area contributed by atoms with Crippen LogP contribution in [0.15, 0.2) is 34.2 Å². The lowest BCUT2D eigenvalue weighted by atomic mass is 10.2. The molecular weight excluding hydrogens is 250 g/mol. The predicted molar refractivity (Wildman–Crippen MR) is 71.6 cm³/mol. The molecule has 6 heteroatoms. The molecule has 1 N–H and O–H groups in total. The Balaban J connectivity index is 2.28. The van der Waals surface area contributed by atoms with Gasteiger partial charge in [0, 0.05) is 6.54 Å². The highest BCUT2D eigenvalue weighted by Gasteiger charge is 2.28. The zero-order chi connectivity index (χ0) is 13.2. The Hall–Kier alpha value is -1.40.